The average Bonchev–Trinajstić information content (AvgIpc) is 2.88. The summed E-state index contributed by atoms with van der Waals surface area (Å²) in [5.74, 6) is -5.75. The topological polar surface area (TPSA) is 132 Å². The molecule has 0 aromatic carbocycles. The maximum absolute atomic E-state index is 13.6. The number of esters is 1. The van der Waals surface area contributed by atoms with Crippen LogP contribution in [-0.2, 0) is 34.0 Å². The van der Waals surface area contributed by atoms with Crippen molar-refractivity contribution in [3.63, 3.8) is 0 Å². The van der Waals surface area contributed by atoms with Crippen LogP contribution in [0.2, 0.25) is 0 Å². The van der Waals surface area contributed by atoms with Gasteiger partial charge in [-0.3, -0.25) is 23.7 Å². The van der Waals surface area contributed by atoms with E-state index in [1.165, 1.54) is 0 Å². The quantitative estimate of drug-likeness (QED) is 0.154. The maximum Gasteiger partial charge on any atom is 0.431 e. The lowest BCUT2D eigenvalue weighted by Crippen LogP contribution is -2.55. The molecule has 8 nitrogen and oxygen atoms in total. The number of ether oxygens (including phenoxy) is 1. The summed E-state index contributed by atoms with van der Waals surface area (Å²) in [6.07, 6.45) is 3.24. The van der Waals surface area contributed by atoms with Crippen molar-refractivity contribution >= 4 is 33.4 Å². The monoisotopic (exact) mass is 626 g/mol. The molecule has 3 aliphatic carbocycles. The lowest BCUT2D eigenvalue weighted by atomic mass is 9.47. The standard InChI is InChI=1S/C29H42F4O8S/c1-4-18(17(2)5-8-25(37)41-12-11-28(30,31)29(32,33)42(38,39)40)6-7-19-13-22(35)16-23-26(19)24(36)15-20-14-21(34)9-10-27(20,23)3/h17-20,23,26H,4-16H2,1-3H3,(H,38,39,40)/t17-,18-,19-,20?,23+,26+,27+/m1/s1. The highest BCUT2D eigenvalue weighted by Gasteiger charge is 2.65. The second kappa shape index (κ2) is 13.0. The summed E-state index contributed by atoms with van der Waals surface area (Å²) in [4.78, 5) is 50.3. The summed E-state index contributed by atoms with van der Waals surface area (Å²) in [6, 6.07) is 0. The molecule has 3 fully saturated rings. The molecule has 0 aliphatic heterocycles. The second-order valence-electron chi connectivity index (χ2n) is 12.9. The summed E-state index contributed by atoms with van der Waals surface area (Å²) in [5.41, 5.74) is -0.204. The van der Waals surface area contributed by atoms with E-state index in [-0.39, 0.29) is 64.7 Å². The Morgan fingerprint density at radius 1 is 1.07 bits per heavy atom. The van der Waals surface area contributed by atoms with E-state index in [0.29, 0.717) is 51.4 Å². The van der Waals surface area contributed by atoms with Gasteiger partial charge in [0.2, 0.25) is 0 Å². The Hall–Kier alpha value is -1.89. The molecule has 0 aromatic rings. The molecule has 7 atom stereocenters. The Balaban J connectivity index is 1.52. The van der Waals surface area contributed by atoms with Crippen LogP contribution in [-0.4, -0.2) is 54.1 Å². The van der Waals surface area contributed by atoms with Gasteiger partial charge >= 0.3 is 27.3 Å². The van der Waals surface area contributed by atoms with Gasteiger partial charge in [0.25, 0.3) is 0 Å². The number of carbonyl (C=O) groups is 4. The largest absolute Gasteiger partial charge is 0.465 e. The van der Waals surface area contributed by atoms with Crippen molar-refractivity contribution < 1.29 is 54.4 Å². The first-order valence-electron chi connectivity index (χ1n) is 14.8. The molecule has 0 radical (unpaired) electrons. The molecule has 0 aromatic heterocycles. The molecule has 0 spiro atoms. The zero-order valence-corrected chi connectivity index (χ0v) is 25.2. The summed E-state index contributed by atoms with van der Waals surface area (Å²) in [7, 11) is -6.36. The van der Waals surface area contributed by atoms with E-state index in [2.05, 4.69) is 11.7 Å². The lowest BCUT2D eigenvalue weighted by molar-refractivity contribution is -0.174. The molecule has 1 N–H and O–H groups in total. The molecule has 1 unspecified atom stereocenters. The Labute approximate surface area is 244 Å². The smallest absolute Gasteiger partial charge is 0.431 e. The van der Waals surface area contributed by atoms with Crippen LogP contribution in [0.3, 0.4) is 0 Å². The molecular weight excluding hydrogens is 584 g/mol. The predicted octanol–water partition coefficient (Wildman–Crippen LogP) is 5.82. The first-order chi connectivity index (χ1) is 19.3. The molecule has 0 heterocycles. The van der Waals surface area contributed by atoms with Crippen LogP contribution in [0.15, 0.2) is 0 Å². The van der Waals surface area contributed by atoms with E-state index in [0.717, 1.165) is 12.8 Å². The number of hydrogen-bond acceptors (Lipinski definition) is 7. The molecule has 3 saturated carbocycles. The van der Waals surface area contributed by atoms with Gasteiger partial charge in [-0.15, -0.1) is 0 Å². The number of hydrogen-bond donors (Lipinski definition) is 1. The number of alkyl halides is 4. The van der Waals surface area contributed by atoms with Gasteiger partial charge < -0.3 is 4.74 Å². The van der Waals surface area contributed by atoms with Crippen LogP contribution in [0.25, 0.3) is 0 Å². The maximum atomic E-state index is 13.6. The van der Waals surface area contributed by atoms with Gasteiger partial charge in [-0.2, -0.15) is 26.0 Å². The van der Waals surface area contributed by atoms with Crippen molar-refractivity contribution in [2.45, 2.75) is 109 Å². The van der Waals surface area contributed by atoms with Crippen LogP contribution in [0.5, 0.6) is 0 Å². The van der Waals surface area contributed by atoms with Crippen molar-refractivity contribution in [1.29, 1.82) is 0 Å². The Kier molecular flexibility index (Phi) is 10.7. The highest BCUT2D eigenvalue weighted by molar-refractivity contribution is 7.87. The third-order valence-electron chi connectivity index (χ3n) is 10.4. The molecule has 3 rings (SSSR count). The third kappa shape index (κ3) is 7.25. The van der Waals surface area contributed by atoms with Crippen molar-refractivity contribution in [2.75, 3.05) is 6.61 Å². The van der Waals surface area contributed by atoms with E-state index >= 15 is 0 Å². The third-order valence-corrected chi connectivity index (χ3v) is 11.3. The highest BCUT2D eigenvalue weighted by Crippen LogP contribution is 2.58. The fraction of sp³-hybridized carbons (Fsp3) is 0.862. The number of carbonyl (C=O) groups excluding carboxylic acids is 4. The fourth-order valence-electron chi connectivity index (χ4n) is 7.61. The van der Waals surface area contributed by atoms with Gasteiger partial charge in [-0.05, 0) is 60.7 Å². The van der Waals surface area contributed by atoms with E-state index in [1.807, 2.05) is 13.8 Å². The van der Waals surface area contributed by atoms with E-state index in [1.54, 1.807) is 0 Å². The summed E-state index contributed by atoms with van der Waals surface area (Å²) in [5, 5.41) is -5.71. The minimum absolute atomic E-state index is 0.00347. The normalized spacial score (nSPS) is 30.3. The number of halogens is 4. The van der Waals surface area contributed by atoms with E-state index < -0.39 is 40.3 Å². The molecule has 0 bridgehead atoms. The van der Waals surface area contributed by atoms with Gasteiger partial charge in [0.15, 0.2) is 0 Å². The van der Waals surface area contributed by atoms with Gasteiger partial charge in [0, 0.05) is 44.4 Å². The number of rotatable bonds is 13. The van der Waals surface area contributed by atoms with Gasteiger partial charge in [-0.25, -0.2) is 0 Å². The summed E-state index contributed by atoms with van der Waals surface area (Å²) in [6.45, 7) is 4.90. The van der Waals surface area contributed by atoms with Crippen LogP contribution >= 0.6 is 0 Å². The molecule has 0 saturated heterocycles. The highest BCUT2D eigenvalue weighted by atomic mass is 32.2. The lowest BCUT2D eigenvalue weighted by Gasteiger charge is -2.55. The van der Waals surface area contributed by atoms with Crippen LogP contribution in [0.1, 0.15) is 97.8 Å². The van der Waals surface area contributed by atoms with Gasteiger partial charge in [0.1, 0.15) is 17.3 Å². The molecule has 13 heteroatoms. The fourth-order valence-corrected chi connectivity index (χ4v) is 8.09. The predicted molar refractivity (Wildman–Crippen MR) is 143 cm³/mol. The first-order valence-corrected chi connectivity index (χ1v) is 16.2. The first kappa shape index (κ1) is 34.6. The summed E-state index contributed by atoms with van der Waals surface area (Å²) < 4.78 is 87.9. The van der Waals surface area contributed by atoms with Crippen molar-refractivity contribution in [3.8, 4) is 0 Å². The second-order valence-corrected chi connectivity index (χ2v) is 14.3. The molecule has 42 heavy (non-hydrogen) atoms. The molecule has 3 aliphatic rings. The Morgan fingerprint density at radius 2 is 1.74 bits per heavy atom. The Morgan fingerprint density at radius 3 is 2.36 bits per heavy atom. The van der Waals surface area contributed by atoms with Crippen LogP contribution in [0.4, 0.5) is 17.6 Å². The zero-order valence-electron chi connectivity index (χ0n) is 24.4. The van der Waals surface area contributed by atoms with Crippen molar-refractivity contribution in [1.82, 2.24) is 0 Å². The number of fused-ring (bicyclic) bond motifs is 3. The van der Waals surface area contributed by atoms with Gasteiger partial charge in [0.05, 0.1) is 13.0 Å². The summed E-state index contributed by atoms with van der Waals surface area (Å²) >= 11 is 0. The minimum Gasteiger partial charge on any atom is -0.465 e. The number of Topliss-reactive ketones (excluding diaryl/α,β-unsaturated/α-hetero) is 3. The Bertz CT molecular complexity index is 1160. The van der Waals surface area contributed by atoms with Crippen molar-refractivity contribution in [3.05, 3.63) is 0 Å². The average molecular weight is 627 g/mol. The zero-order chi connectivity index (χ0) is 31.7. The van der Waals surface area contributed by atoms with Crippen molar-refractivity contribution in [2.24, 2.45) is 40.9 Å². The SMILES string of the molecule is CC[C@H](CC[C@@H]1CC(=O)C[C@H]2[C@H]1C(=O)CC1CC(=O)CC[C@@]12C)[C@H](C)CCC(=O)OCCC(F)(F)C(F)(F)S(=O)(=O)O. The molecule has 240 valence electrons. The van der Waals surface area contributed by atoms with Crippen LogP contribution < -0.4 is 0 Å². The van der Waals surface area contributed by atoms with E-state index in [9.17, 15) is 45.2 Å². The number of ketones is 3. The van der Waals surface area contributed by atoms with E-state index in [4.69, 9.17) is 4.55 Å². The van der Waals surface area contributed by atoms with Crippen LogP contribution in [0, 0.1) is 40.9 Å². The molecule has 0 amide bonds. The minimum atomic E-state index is -6.36. The van der Waals surface area contributed by atoms with Gasteiger partial charge in [-0.1, -0.05) is 27.2 Å². The molecular formula is C29H42F4O8S.